The monoisotopic (exact) mass is 542 g/mol. The van der Waals surface area contributed by atoms with Gasteiger partial charge in [0.05, 0.1) is 12.1 Å². The summed E-state index contributed by atoms with van der Waals surface area (Å²) in [5, 5.41) is 11.3. The Morgan fingerprint density at radius 3 is 2.46 bits per heavy atom. The second-order valence-corrected chi connectivity index (χ2v) is 9.74. The van der Waals surface area contributed by atoms with Crippen LogP contribution < -0.4 is 21.3 Å². The number of rotatable bonds is 15. The number of hydrogen-bond donors (Lipinski definition) is 4. The van der Waals surface area contributed by atoms with Crippen molar-refractivity contribution in [3.63, 3.8) is 0 Å². The average molecular weight is 543 g/mol. The quantitative estimate of drug-likeness (QED) is 0.0822. The molecule has 0 fully saturated rings. The number of ketones is 1. The second kappa shape index (κ2) is 16.2. The molecule has 3 amide bonds. The fourth-order valence-electron chi connectivity index (χ4n) is 4.17. The Morgan fingerprint density at radius 1 is 1.08 bits per heavy atom. The van der Waals surface area contributed by atoms with E-state index in [1.54, 1.807) is 13.8 Å². The van der Waals surface area contributed by atoms with E-state index in [0.29, 0.717) is 32.4 Å². The molecule has 0 saturated carbocycles. The highest BCUT2D eigenvalue weighted by Crippen LogP contribution is 2.17. The second-order valence-electron chi connectivity index (χ2n) is 9.74. The van der Waals surface area contributed by atoms with Crippen LogP contribution in [0.5, 0.6) is 0 Å². The molecule has 0 unspecified atom stereocenters. The van der Waals surface area contributed by atoms with Crippen molar-refractivity contribution >= 4 is 35.7 Å². The molecule has 1 aliphatic heterocycles. The third kappa shape index (κ3) is 11.2. The minimum absolute atomic E-state index is 0.0771. The highest BCUT2D eigenvalue weighted by molar-refractivity contribution is 6.25. The summed E-state index contributed by atoms with van der Waals surface area (Å²) in [7, 11) is 0. The highest BCUT2D eigenvalue weighted by Gasteiger charge is 2.31. The van der Waals surface area contributed by atoms with Crippen LogP contribution in [-0.2, 0) is 41.7 Å². The number of unbranched alkanes of at least 4 members (excludes halogenated alkanes) is 1. The van der Waals surface area contributed by atoms with Crippen LogP contribution in [0.1, 0.15) is 64.0 Å². The van der Waals surface area contributed by atoms with Crippen molar-refractivity contribution in [2.75, 3.05) is 6.54 Å². The predicted octanol–water partition coefficient (Wildman–Crippen LogP) is 0.578. The molecule has 0 saturated heterocycles. The van der Waals surface area contributed by atoms with Crippen molar-refractivity contribution in [3.8, 4) is 0 Å². The summed E-state index contributed by atoms with van der Waals surface area (Å²) in [6.07, 6.45) is 1.87. The van der Waals surface area contributed by atoms with Crippen LogP contribution in [0, 0.1) is 0 Å². The normalized spacial score (nSPS) is 15.6. The summed E-state index contributed by atoms with van der Waals surface area (Å²) in [4.78, 5) is 64.8. The Bertz CT molecular complexity index is 1080. The molecule has 212 valence electrons. The topological polar surface area (TPSA) is 179 Å². The van der Waals surface area contributed by atoms with E-state index in [1.165, 1.54) is 6.92 Å². The summed E-state index contributed by atoms with van der Waals surface area (Å²) in [6.45, 7) is 5.69. The van der Waals surface area contributed by atoms with E-state index in [2.05, 4.69) is 26.1 Å². The molecule has 12 nitrogen and oxygen atoms in total. The van der Waals surface area contributed by atoms with E-state index in [9.17, 15) is 24.0 Å². The molecule has 0 aliphatic carbocycles. The number of carbonyl (C=O) groups is 5. The van der Waals surface area contributed by atoms with Gasteiger partial charge in [-0.3, -0.25) is 19.2 Å². The first kappa shape index (κ1) is 31.3. The molecule has 0 spiro atoms. The molecule has 1 aliphatic rings. The van der Waals surface area contributed by atoms with Crippen molar-refractivity contribution < 1.29 is 33.5 Å². The lowest BCUT2D eigenvalue weighted by atomic mass is 9.95. The molecular formula is C27H38N6O6. The molecule has 1 aromatic rings. The van der Waals surface area contributed by atoms with Gasteiger partial charge in [0.2, 0.25) is 23.5 Å². The van der Waals surface area contributed by atoms with Crippen molar-refractivity contribution in [1.29, 1.82) is 0 Å². The zero-order valence-electron chi connectivity index (χ0n) is 22.7. The summed E-state index contributed by atoms with van der Waals surface area (Å²) in [6, 6.07) is 5.18. The first-order valence-corrected chi connectivity index (χ1v) is 13.2. The van der Waals surface area contributed by atoms with Gasteiger partial charge in [-0.15, -0.1) is 0 Å². The van der Waals surface area contributed by atoms with Gasteiger partial charge in [-0.05, 0) is 57.1 Å². The smallest absolute Gasteiger partial charge is 0.328 e. The number of esters is 1. The van der Waals surface area contributed by atoms with Crippen molar-refractivity contribution in [1.82, 2.24) is 21.3 Å². The fourth-order valence-corrected chi connectivity index (χ4v) is 4.17. The van der Waals surface area contributed by atoms with Crippen LogP contribution in [0.2, 0.25) is 0 Å². The summed E-state index contributed by atoms with van der Waals surface area (Å²) in [5.41, 5.74) is 10.7. The van der Waals surface area contributed by atoms with Crippen LogP contribution in [0.15, 0.2) is 24.3 Å². The van der Waals surface area contributed by atoms with E-state index in [0.717, 1.165) is 17.3 Å². The molecular weight excluding hydrogens is 504 g/mol. The molecule has 4 N–H and O–H groups in total. The zero-order chi connectivity index (χ0) is 28.8. The number of ether oxygens (including phenoxy) is 1. The van der Waals surface area contributed by atoms with Gasteiger partial charge in [-0.1, -0.05) is 24.3 Å². The third-order valence-corrected chi connectivity index (χ3v) is 6.16. The van der Waals surface area contributed by atoms with Crippen LogP contribution >= 0.6 is 0 Å². The number of hydrogen-bond acceptors (Lipinski definition) is 7. The van der Waals surface area contributed by atoms with Gasteiger partial charge in [0.25, 0.3) is 0 Å². The Labute approximate surface area is 228 Å². The van der Waals surface area contributed by atoms with Crippen LogP contribution in [-0.4, -0.2) is 71.3 Å². The molecule has 0 radical (unpaired) electrons. The first-order valence-electron chi connectivity index (χ1n) is 13.2. The van der Waals surface area contributed by atoms with Gasteiger partial charge in [0, 0.05) is 26.4 Å². The molecule has 12 heteroatoms. The van der Waals surface area contributed by atoms with Gasteiger partial charge in [-0.25, -0.2) is 4.79 Å². The molecule has 3 atom stereocenters. The fraction of sp³-hybridized carbons (Fsp3) is 0.556. The number of nitrogens with zero attached hydrogens (tertiary/aromatic N) is 2. The Hall–Kier alpha value is -3.89. The maximum absolute atomic E-state index is 13.3. The van der Waals surface area contributed by atoms with Crippen molar-refractivity contribution in [3.05, 3.63) is 40.9 Å². The average Bonchev–Trinajstić information content (AvgIpc) is 2.89. The number of fused-ring (bicyclic) bond motifs is 1. The lowest BCUT2D eigenvalue weighted by Gasteiger charge is -2.28. The minimum atomic E-state index is -1.14. The molecule has 0 bridgehead atoms. The Balaban J connectivity index is 2.12. The number of benzene rings is 1. The van der Waals surface area contributed by atoms with E-state index >= 15 is 0 Å². The number of carbonyl (C=O) groups excluding carboxylic acids is 5. The summed E-state index contributed by atoms with van der Waals surface area (Å²) >= 11 is 0. The van der Waals surface area contributed by atoms with Crippen LogP contribution in [0.4, 0.5) is 0 Å². The number of amides is 3. The van der Waals surface area contributed by atoms with Gasteiger partial charge < -0.3 is 31.5 Å². The van der Waals surface area contributed by atoms with Crippen LogP contribution in [0.3, 0.4) is 0 Å². The molecule has 0 aromatic heterocycles. The zero-order valence-corrected chi connectivity index (χ0v) is 22.7. The van der Waals surface area contributed by atoms with Gasteiger partial charge in [0.1, 0.15) is 12.1 Å². The minimum Gasteiger partial charge on any atom is -0.461 e. The molecule has 1 aromatic carbocycles. The van der Waals surface area contributed by atoms with Crippen molar-refractivity contribution in [2.45, 2.75) is 90.1 Å². The first-order chi connectivity index (χ1) is 18.6. The maximum Gasteiger partial charge on any atom is 0.328 e. The van der Waals surface area contributed by atoms with E-state index < -0.39 is 41.9 Å². The summed E-state index contributed by atoms with van der Waals surface area (Å²) < 4.78 is 5.24. The summed E-state index contributed by atoms with van der Waals surface area (Å²) in [5.74, 6) is -2.34. The lowest BCUT2D eigenvalue weighted by Crippen LogP contribution is -2.56. The van der Waals surface area contributed by atoms with E-state index in [4.69, 9.17) is 10.3 Å². The highest BCUT2D eigenvalue weighted by atomic mass is 16.5. The largest absolute Gasteiger partial charge is 0.461 e. The van der Waals surface area contributed by atoms with E-state index in [1.807, 2.05) is 24.3 Å². The molecule has 1 heterocycles. The number of Topliss-reactive ketones (excluding diaryl/α,β-unsaturated/α-hetero) is 1. The Morgan fingerprint density at radius 2 is 1.79 bits per heavy atom. The maximum atomic E-state index is 13.3. The van der Waals surface area contributed by atoms with Gasteiger partial charge >= 0.3 is 12.2 Å². The lowest BCUT2D eigenvalue weighted by molar-refractivity contribution is -0.152. The van der Waals surface area contributed by atoms with E-state index in [-0.39, 0.29) is 31.1 Å². The van der Waals surface area contributed by atoms with Gasteiger partial charge in [0.15, 0.2) is 0 Å². The predicted molar refractivity (Wildman–Crippen MR) is 142 cm³/mol. The van der Waals surface area contributed by atoms with Gasteiger partial charge in [-0.2, -0.15) is 4.79 Å². The van der Waals surface area contributed by atoms with Crippen LogP contribution in [0.25, 0.3) is 5.53 Å². The number of nitrogens with one attached hydrogen (secondary N) is 4. The molecule has 39 heavy (non-hydrogen) atoms. The van der Waals surface area contributed by atoms with Crippen molar-refractivity contribution in [2.24, 2.45) is 0 Å². The SMILES string of the molecule is CC(=O)NCCCC[C@H](NC(=O)[C@@H]1Cc2ccccc2CN1)C(=O)N[C@@H](CCC(=O)C=[N+]=[N-])C(=O)OC(C)C. The standard InChI is InChI=1S/C27H38N6O6/c1-17(2)39-27(38)23(12-11-21(35)16-31-28)33-25(36)22(10-6-7-13-29-18(3)34)32-26(37)24-14-19-8-4-5-9-20(19)15-30-24/h4-5,8-9,16-17,22-24,30H,6-7,10-15H2,1-3H3,(H,29,34)(H,32,37)(H,33,36)/t22-,23-,24-/m0/s1. The Kier molecular flexibility index (Phi) is 13.0. The molecule has 2 rings (SSSR count). The third-order valence-electron chi connectivity index (χ3n) is 6.16.